The lowest BCUT2D eigenvalue weighted by molar-refractivity contribution is -0.114. The highest BCUT2D eigenvalue weighted by molar-refractivity contribution is 6.74. The average Bonchev–Trinajstić information content (AvgIpc) is 2.64. The van der Waals surface area contributed by atoms with Crippen LogP contribution in [-0.4, -0.2) is 34.1 Å². The first-order valence-electron chi connectivity index (χ1n) is 10.5. The summed E-state index contributed by atoms with van der Waals surface area (Å²) in [6.45, 7) is 16.5. The van der Waals surface area contributed by atoms with Gasteiger partial charge in [0, 0.05) is 11.0 Å². The van der Waals surface area contributed by atoms with E-state index in [4.69, 9.17) is 13.9 Å². The first kappa shape index (κ1) is 24.0. The van der Waals surface area contributed by atoms with Crippen LogP contribution in [0.5, 0.6) is 0 Å². The quantitative estimate of drug-likeness (QED) is 0.217. The molecule has 0 fully saturated rings. The van der Waals surface area contributed by atoms with Crippen molar-refractivity contribution in [1.82, 2.24) is 0 Å². The van der Waals surface area contributed by atoms with Crippen molar-refractivity contribution in [3.8, 4) is 0 Å². The number of aldehydes is 1. The Morgan fingerprint density at radius 3 is 2.41 bits per heavy atom. The lowest BCUT2D eigenvalue weighted by Crippen LogP contribution is -2.52. The van der Waals surface area contributed by atoms with E-state index >= 15 is 0 Å². The molecule has 0 spiro atoms. The van der Waals surface area contributed by atoms with Crippen LogP contribution in [0.2, 0.25) is 18.1 Å². The van der Waals surface area contributed by atoms with Crippen molar-refractivity contribution in [2.24, 2.45) is 5.41 Å². The number of ether oxygens (including phenoxy) is 2. The number of rotatable bonds is 9. The number of hydrogen-bond acceptors (Lipinski definition) is 4. The molecule has 0 bridgehead atoms. The smallest absolute Gasteiger partial charge is 0.192 e. The molecule has 0 N–H and O–H groups in total. The number of hydrogen-bond donors (Lipinski definition) is 0. The minimum atomic E-state index is -1.97. The van der Waals surface area contributed by atoms with Gasteiger partial charge in [-0.3, -0.25) is 4.79 Å². The Bertz CT molecular complexity index is 705. The zero-order valence-corrected chi connectivity index (χ0v) is 20.2. The van der Waals surface area contributed by atoms with E-state index in [-0.39, 0.29) is 17.9 Å². The van der Waals surface area contributed by atoms with Gasteiger partial charge < -0.3 is 13.9 Å². The van der Waals surface area contributed by atoms with Crippen molar-refractivity contribution in [2.45, 2.75) is 78.3 Å². The molecular weight excluding hydrogens is 380 g/mol. The van der Waals surface area contributed by atoms with Crippen LogP contribution < -0.4 is 0 Å². The highest BCUT2D eigenvalue weighted by Gasteiger charge is 2.47. The van der Waals surface area contributed by atoms with Crippen molar-refractivity contribution in [2.75, 3.05) is 13.4 Å². The highest BCUT2D eigenvalue weighted by atomic mass is 28.4. The molecule has 1 aromatic carbocycles. The minimum Gasteiger partial charge on any atom is -0.413 e. The van der Waals surface area contributed by atoms with Crippen molar-refractivity contribution in [3.63, 3.8) is 0 Å². The zero-order chi connectivity index (χ0) is 21.7. The zero-order valence-electron chi connectivity index (χ0n) is 19.2. The lowest BCUT2D eigenvalue weighted by atomic mass is 9.70. The van der Waals surface area contributed by atoms with Gasteiger partial charge in [-0.2, -0.15) is 0 Å². The second-order valence-corrected chi connectivity index (χ2v) is 14.7. The molecule has 5 heteroatoms. The summed E-state index contributed by atoms with van der Waals surface area (Å²) in [6.07, 6.45) is 2.79. The van der Waals surface area contributed by atoms with E-state index in [1.54, 1.807) is 0 Å². The van der Waals surface area contributed by atoms with Crippen LogP contribution in [0.25, 0.3) is 0 Å². The summed E-state index contributed by atoms with van der Waals surface area (Å²) in [7, 11) is -1.97. The summed E-state index contributed by atoms with van der Waals surface area (Å²) in [5, 5.41) is 0.116. The normalized spacial score (nSPS) is 23.3. The number of carbonyl (C=O) groups is 1. The Morgan fingerprint density at radius 1 is 1.17 bits per heavy atom. The van der Waals surface area contributed by atoms with E-state index in [1.165, 1.54) is 0 Å². The molecule has 1 aliphatic rings. The molecule has 0 unspecified atom stereocenters. The molecule has 4 nitrogen and oxygen atoms in total. The maximum absolute atomic E-state index is 12.0. The molecule has 2 rings (SSSR count). The van der Waals surface area contributed by atoms with Gasteiger partial charge in [0.2, 0.25) is 0 Å². The standard InChI is InChI=1S/C24H38O4Si/c1-19-13-14-22(28-29(6,7)23(2,3)4)24(5,21(19)15-25)17-27-18-26-16-20-11-9-8-10-12-20/h8-12,15,22H,13-14,16-18H2,1-7H3/t22-,24-/m0/s1. The fraction of sp³-hybridized carbons (Fsp3) is 0.625. The van der Waals surface area contributed by atoms with E-state index in [9.17, 15) is 4.79 Å². The fourth-order valence-electron chi connectivity index (χ4n) is 3.64. The molecule has 0 aliphatic heterocycles. The van der Waals surface area contributed by atoms with E-state index in [0.29, 0.717) is 13.2 Å². The van der Waals surface area contributed by atoms with Crippen LogP contribution in [0, 0.1) is 5.41 Å². The van der Waals surface area contributed by atoms with E-state index in [0.717, 1.165) is 35.8 Å². The molecule has 1 aliphatic carbocycles. The Hall–Kier alpha value is -1.27. The van der Waals surface area contributed by atoms with Gasteiger partial charge in [-0.1, -0.05) is 63.6 Å². The van der Waals surface area contributed by atoms with Crippen LogP contribution in [0.3, 0.4) is 0 Å². The third-order valence-corrected chi connectivity index (χ3v) is 11.1. The van der Waals surface area contributed by atoms with Crippen molar-refractivity contribution < 1.29 is 18.7 Å². The Labute approximate surface area is 177 Å². The summed E-state index contributed by atoms with van der Waals surface area (Å²) in [5.41, 5.74) is 2.63. The predicted octanol–water partition coefficient (Wildman–Crippen LogP) is 5.88. The predicted molar refractivity (Wildman–Crippen MR) is 120 cm³/mol. The summed E-state index contributed by atoms with van der Waals surface area (Å²) in [6, 6.07) is 10.0. The van der Waals surface area contributed by atoms with Crippen LogP contribution in [0.4, 0.5) is 0 Å². The Balaban J connectivity index is 2.06. The number of carbonyl (C=O) groups excluding carboxylic acids is 1. The van der Waals surface area contributed by atoms with Gasteiger partial charge in [-0.15, -0.1) is 0 Å². The summed E-state index contributed by atoms with van der Waals surface area (Å²) >= 11 is 0. The third kappa shape index (κ3) is 5.88. The molecule has 0 aromatic heterocycles. The third-order valence-electron chi connectivity index (χ3n) is 6.61. The van der Waals surface area contributed by atoms with Crippen LogP contribution in [0.1, 0.15) is 53.0 Å². The maximum atomic E-state index is 12.0. The topological polar surface area (TPSA) is 44.8 Å². The molecule has 1 aromatic rings. The van der Waals surface area contributed by atoms with Crippen LogP contribution >= 0.6 is 0 Å². The molecule has 0 radical (unpaired) electrons. The fourth-order valence-corrected chi connectivity index (χ4v) is 5.08. The van der Waals surface area contributed by atoms with E-state index in [2.05, 4.69) is 47.7 Å². The van der Waals surface area contributed by atoms with Gasteiger partial charge in [-0.25, -0.2) is 0 Å². The van der Waals surface area contributed by atoms with Gasteiger partial charge in [0.25, 0.3) is 0 Å². The Morgan fingerprint density at radius 2 is 1.83 bits per heavy atom. The van der Waals surface area contributed by atoms with Gasteiger partial charge >= 0.3 is 0 Å². The van der Waals surface area contributed by atoms with Gasteiger partial charge in [-0.05, 0) is 43.5 Å². The van der Waals surface area contributed by atoms with Gasteiger partial charge in [0.15, 0.2) is 8.32 Å². The van der Waals surface area contributed by atoms with Crippen LogP contribution in [-0.2, 0) is 25.3 Å². The number of benzene rings is 1. The molecule has 2 atom stereocenters. The molecule has 0 saturated heterocycles. The summed E-state index contributed by atoms with van der Waals surface area (Å²) in [5.74, 6) is 0. The second kappa shape index (κ2) is 9.69. The maximum Gasteiger partial charge on any atom is 0.192 e. The van der Waals surface area contributed by atoms with Gasteiger partial charge in [0.05, 0.1) is 19.3 Å². The monoisotopic (exact) mass is 418 g/mol. The van der Waals surface area contributed by atoms with Gasteiger partial charge in [0.1, 0.15) is 13.1 Å². The second-order valence-electron chi connectivity index (χ2n) is 9.94. The average molecular weight is 419 g/mol. The largest absolute Gasteiger partial charge is 0.413 e. The molecule has 29 heavy (non-hydrogen) atoms. The van der Waals surface area contributed by atoms with E-state index < -0.39 is 13.7 Å². The molecule has 0 saturated carbocycles. The van der Waals surface area contributed by atoms with Crippen LogP contribution in [0.15, 0.2) is 41.5 Å². The molecule has 162 valence electrons. The summed E-state index contributed by atoms with van der Waals surface area (Å²) < 4.78 is 18.4. The molecular formula is C24H38O4Si. The highest BCUT2D eigenvalue weighted by Crippen LogP contribution is 2.46. The molecule has 0 amide bonds. The SMILES string of the molecule is CC1=C(C=O)[C@](C)(COCOCc2ccccc2)[C@@H](O[Si](C)(C)C(C)(C)C)CC1. The Kier molecular flexibility index (Phi) is 8.02. The minimum absolute atomic E-state index is 0.0265. The number of allylic oxidation sites excluding steroid dienone is 1. The van der Waals surface area contributed by atoms with E-state index in [1.807, 2.05) is 30.3 Å². The lowest BCUT2D eigenvalue weighted by Gasteiger charge is -2.48. The first-order valence-corrected chi connectivity index (χ1v) is 13.4. The first-order chi connectivity index (χ1) is 13.5. The van der Waals surface area contributed by atoms with Crippen molar-refractivity contribution in [3.05, 3.63) is 47.0 Å². The molecule has 0 heterocycles. The summed E-state index contributed by atoms with van der Waals surface area (Å²) in [4.78, 5) is 12.0. The van der Waals surface area contributed by atoms with Crippen molar-refractivity contribution in [1.29, 1.82) is 0 Å². The van der Waals surface area contributed by atoms with Crippen molar-refractivity contribution >= 4 is 14.6 Å².